The van der Waals surface area contributed by atoms with E-state index in [0.29, 0.717) is 30.4 Å². The molecule has 7 nitrogen and oxygen atoms in total. The van der Waals surface area contributed by atoms with Crippen molar-refractivity contribution in [3.8, 4) is 11.5 Å². The lowest BCUT2D eigenvalue weighted by molar-refractivity contribution is 0.187. The zero-order chi connectivity index (χ0) is 18.3. The van der Waals surface area contributed by atoms with Gasteiger partial charge >= 0.3 is 6.09 Å². The third-order valence-corrected chi connectivity index (χ3v) is 4.29. The van der Waals surface area contributed by atoms with Crippen molar-refractivity contribution >= 4 is 21.6 Å². The summed E-state index contributed by atoms with van der Waals surface area (Å²) < 4.78 is 38.3. The summed E-state index contributed by atoms with van der Waals surface area (Å²) in [5.74, 6) is 1.19. The van der Waals surface area contributed by atoms with Gasteiger partial charge in [-0.3, -0.25) is 5.32 Å². The molecule has 0 aromatic heterocycles. The molecule has 0 aliphatic carbocycles. The van der Waals surface area contributed by atoms with Crippen LogP contribution in [0, 0.1) is 0 Å². The van der Waals surface area contributed by atoms with Gasteiger partial charge in [-0.2, -0.15) is 0 Å². The number of methoxy groups -OCH3 is 1. The van der Waals surface area contributed by atoms with Crippen molar-refractivity contribution in [1.82, 2.24) is 0 Å². The third-order valence-electron chi connectivity index (χ3n) is 3.16. The Bertz CT molecular complexity index is 800. The van der Waals surface area contributed by atoms with Gasteiger partial charge < -0.3 is 14.2 Å². The highest BCUT2D eigenvalue weighted by atomic mass is 32.2. The average Bonchev–Trinajstić information content (AvgIpc) is 2.59. The van der Waals surface area contributed by atoms with Gasteiger partial charge in [-0.25, -0.2) is 13.2 Å². The summed E-state index contributed by atoms with van der Waals surface area (Å²) in [4.78, 5) is 11.3. The number of hydrogen-bond acceptors (Lipinski definition) is 6. The molecule has 25 heavy (non-hydrogen) atoms. The van der Waals surface area contributed by atoms with Crippen molar-refractivity contribution < 1.29 is 27.4 Å². The molecule has 0 atom stereocenters. The van der Waals surface area contributed by atoms with E-state index in [1.165, 1.54) is 19.2 Å². The molecule has 0 unspecified atom stereocenters. The normalized spacial score (nSPS) is 10.8. The lowest BCUT2D eigenvalue weighted by Crippen LogP contribution is -2.11. The van der Waals surface area contributed by atoms with E-state index in [1.54, 1.807) is 36.4 Å². The summed E-state index contributed by atoms with van der Waals surface area (Å²) in [5, 5.41) is 2.54. The van der Waals surface area contributed by atoms with E-state index >= 15 is 0 Å². The van der Waals surface area contributed by atoms with E-state index in [1.807, 2.05) is 0 Å². The second kappa shape index (κ2) is 8.39. The molecule has 0 spiro atoms. The lowest BCUT2D eigenvalue weighted by Gasteiger charge is -2.09. The Kier molecular flexibility index (Phi) is 6.24. The van der Waals surface area contributed by atoms with Crippen molar-refractivity contribution in [1.29, 1.82) is 0 Å². The van der Waals surface area contributed by atoms with E-state index < -0.39 is 15.9 Å². The SMILES string of the molecule is COC(=O)Nc1ccc(OCCOc2ccc(S(C)(=O)=O)cc2)cc1. The standard InChI is InChI=1S/C17H19NO6S/c1-22-17(19)18-13-3-5-14(6-4-13)23-11-12-24-15-7-9-16(10-8-15)25(2,20)21/h3-10H,11-12H2,1-2H3,(H,18,19). The van der Waals surface area contributed by atoms with Crippen LogP contribution in [0.5, 0.6) is 11.5 Å². The topological polar surface area (TPSA) is 90.9 Å². The van der Waals surface area contributed by atoms with Gasteiger partial charge in [-0.1, -0.05) is 0 Å². The van der Waals surface area contributed by atoms with Crippen LogP contribution >= 0.6 is 0 Å². The number of carbonyl (C=O) groups excluding carboxylic acids is 1. The molecule has 0 saturated carbocycles. The van der Waals surface area contributed by atoms with Crippen LogP contribution < -0.4 is 14.8 Å². The van der Waals surface area contributed by atoms with Crippen LogP contribution in [0.4, 0.5) is 10.5 Å². The van der Waals surface area contributed by atoms with E-state index in [4.69, 9.17) is 9.47 Å². The Morgan fingerprint density at radius 1 is 0.920 bits per heavy atom. The Labute approximate surface area is 146 Å². The minimum absolute atomic E-state index is 0.247. The molecule has 0 fully saturated rings. The van der Waals surface area contributed by atoms with Gasteiger partial charge in [0.2, 0.25) is 0 Å². The minimum Gasteiger partial charge on any atom is -0.490 e. The second-order valence-electron chi connectivity index (χ2n) is 5.08. The molecule has 1 amide bonds. The maximum atomic E-state index is 11.4. The van der Waals surface area contributed by atoms with Gasteiger partial charge in [0, 0.05) is 11.9 Å². The lowest BCUT2D eigenvalue weighted by atomic mass is 10.3. The Balaban J connectivity index is 1.76. The molecule has 2 rings (SSSR count). The van der Waals surface area contributed by atoms with Gasteiger partial charge in [0.05, 0.1) is 12.0 Å². The first kappa shape index (κ1) is 18.6. The van der Waals surface area contributed by atoms with Gasteiger partial charge in [0.25, 0.3) is 0 Å². The Hall–Kier alpha value is -2.74. The summed E-state index contributed by atoms with van der Waals surface area (Å²) in [6.07, 6.45) is 0.617. The summed E-state index contributed by atoms with van der Waals surface area (Å²) in [5.41, 5.74) is 0.599. The molecular weight excluding hydrogens is 346 g/mol. The molecule has 0 saturated heterocycles. The van der Waals surface area contributed by atoms with Crippen LogP contribution in [-0.2, 0) is 14.6 Å². The maximum absolute atomic E-state index is 11.4. The molecule has 1 N–H and O–H groups in total. The van der Waals surface area contributed by atoms with Crippen LogP contribution in [0.3, 0.4) is 0 Å². The zero-order valence-corrected chi connectivity index (χ0v) is 14.7. The molecule has 2 aromatic rings. The molecule has 2 aromatic carbocycles. The predicted molar refractivity (Wildman–Crippen MR) is 93.0 cm³/mol. The molecule has 134 valence electrons. The quantitative estimate of drug-likeness (QED) is 0.759. The molecule has 0 heterocycles. The van der Waals surface area contributed by atoms with Crippen molar-refractivity contribution in [3.63, 3.8) is 0 Å². The highest BCUT2D eigenvalue weighted by Gasteiger charge is 2.06. The molecule has 0 aliphatic rings. The largest absolute Gasteiger partial charge is 0.490 e. The molecule has 0 radical (unpaired) electrons. The molecule has 0 bridgehead atoms. The van der Waals surface area contributed by atoms with Crippen LogP contribution in [0.1, 0.15) is 0 Å². The maximum Gasteiger partial charge on any atom is 0.411 e. The first-order chi connectivity index (χ1) is 11.9. The van der Waals surface area contributed by atoms with Crippen LogP contribution in [0.25, 0.3) is 0 Å². The third kappa shape index (κ3) is 6.00. The summed E-state index contributed by atoms with van der Waals surface area (Å²) in [7, 11) is -1.91. The Morgan fingerprint density at radius 3 is 1.84 bits per heavy atom. The summed E-state index contributed by atoms with van der Waals surface area (Å²) in [6, 6.07) is 13.0. The fourth-order valence-electron chi connectivity index (χ4n) is 1.91. The van der Waals surface area contributed by atoms with Gasteiger partial charge in [0.1, 0.15) is 24.7 Å². The van der Waals surface area contributed by atoms with E-state index in [2.05, 4.69) is 10.1 Å². The van der Waals surface area contributed by atoms with Gasteiger partial charge in [0.15, 0.2) is 9.84 Å². The average molecular weight is 365 g/mol. The molecule has 0 aliphatic heterocycles. The van der Waals surface area contributed by atoms with Gasteiger partial charge in [-0.05, 0) is 48.5 Å². The zero-order valence-electron chi connectivity index (χ0n) is 13.9. The van der Waals surface area contributed by atoms with E-state index in [-0.39, 0.29) is 4.90 Å². The van der Waals surface area contributed by atoms with Crippen molar-refractivity contribution in [2.45, 2.75) is 4.90 Å². The van der Waals surface area contributed by atoms with Crippen molar-refractivity contribution in [2.75, 3.05) is 31.9 Å². The number of carbonyl (C=O) groups is 1. The van der Waals surface area contributed by atoms with E-state index in [9.17, 15) is 13.2 Å². The fourth-order valence-corrected chi connectivity index (χ4v) is 2.54. The smallest absolute Gasteiger partial charge is 0.411 e. The van der Waals surface area contributed by atoms with Crippen LogP contribution in [0.15, 0.2) is 53.4 Å². The highest BCUT2D eigenvalue weighted by Crippen LogP contribution is 2.17. The number of sulfone groups is 1. The number of amides is 1. The highest BCUT2D eigenvalue weighted by molar-refractivity contribution is 7.90. The van der Waals surface area contributed by atoms with E-state index in [0.717, 1.165) is 6.26 Å². The fraction of sp³-hybridized carbons (Fsp3) is 0.235. The van der Waals surface area contributed by atoms with Gasteiger partial charge in [-0.15, -0.1) is 0 Å². The number of nitrogens with one attached hydrogen (secondary N) is 1. The first-order valence-electron chi connectivity index (χ1n) is 7.39. The number of hydrogen-bond donors (Lipinski definition) is 1. The predicted octanol–water partition coefficient (Wildman–Crippen LogP) is 2.73. The Morgan fingerprint density at radius 2 is 1.40 bits per heavy atom. The monoisotopic (exact) mass is 365 g/mol. The van der Waals surface area contributed by atoms with Crippen LogP contribution in [0.2, 0.25) is 0 Å². The van der Waals surface area contributed by atoms with Crippen molar-refractivity contribution in [3.05, 3.63) is 48.5 Å². The number of rotatable bonds is 7. The first-order valence-corrected chi connectivity index (χ1v) is 9.28. The second-order valence-corrected chi connectivity index (χ2v) is 7.10. The number of anilines is 1. The summed E-state index contributed by atoms with van der Waals surface area (Å²) >= 11 is 0. The number of ether oxygens (including phenoxy) is 3. The summed E-state index contributed by atoms with van der Waals surface area (Å²) in [6.45, 7) is 0.623. The minimum atomic E-state index is -3.21. The number of benzene rings is 2. The molecular formula is C17H19NO6S. The van der Waals surface area contributed by atoms with Crippen molar-refractivity contribution in [2.24, 2.45) is 0 Å². The van der Waals surface area contributed by atoms with Crippen LogP contribution in [-0.4, -0.2) is 41.1 Å². The molecule has 8 heteroatoms.